The van der Waals surface area contributed by atoms with Gasteiger partial charge < -0.3 is 11.1 Å². The molecule has 1 aromatic rings. The van der Waals surface area contributed by atoms with Crippen molar-refractivity contribution < 1.29 is 8.42 Å². The third-order valence-corrected chi connectivity index (χ3v) is 4.79. The molecule has 6 nitrogen and oxygen atoms in total. The number of benzene rings is 1. The van der Waals surface area contributed by atoms with E-state index in [-0.39, 0.29) is 12.0 Å². The summed E-state index contributed by atoms with van der Waals surface area (Å²) in [5.41, 5.74) is 8.00. The van der Waals surface area contributed by atoms with Crippen molar-refractivity contribution in [2.45, 2.75) is 38.6 Å². The highest BCUT2D eigenvalue weighted by molar-refractivity contribution is 7.88. The smallest absolute Gasteiger partial charge is 0.208 e. The molecular formula is C16H26N4O2S. The molecule has 0 bridgehead atoms. The zero-order valence-electron chi connectivity index (χ0n) is 13.7. The zero-order chi connectivity index (χ0) is 16.9. The maximum Gasteiger partial charge on any atom is 0.208 e. The van der Waals surface area contributed by atoms with Crippen molar-refractivity contribution in [3.05, 3.63) is 29.8 Å². The molecule has 2 unspecified atom stereocenters. The van der Waals surface area contributed by atoms with E-state index in [9.17, 15) is 8.42 Å². The maximum atomic E-state index is 11.5. The van der Waals surface area contributed by atoms with Crippen LogP contribution in [0.5, 0.6) is 0 Å². The first kappa shape index (κ1) is 17.7. The Kier molecular flexibility index (Phi) is 6.01. The van der Waals surface area contributed by atoms with E-state index < -0.39 is 10.0 Å². The second-order valence-corrected chi connectivity index (χ2v) is 8.04. The van der Waals surface area contributed by atoms with Crippen molar-refractivity contribution in [3.63, 3.8) is 0 Å². The number of nitrogens with zero attached hydrogens (tertiary/aromatic N) is 1. The molecule has 1 fully saturated rings. The van der Waals surface area contributed by atoms with Crippen molar-refractivity contribution >= 4 is 21.7 Å². The summed E-state index contributed by atoms with van der Waals surface area (Å²) in [5, 5.41) is 3.07. The first-order valence-corrected chi connectivity index (χ1v) is 9.83. The van der Waals surface area contributed by atoms with Gasteiger partial charge in [0.25, 0.3) is 0 Å². The number of guanidine groups is 1. The van der Waals surface area contributed by atoms with Gasteiger partial charge in [0.05, 0.1) is 6.26 Å². The van der Waals surface area contributed by atoms with E-state index in [1.165, 1.54) is 6.26 Å². The van der Waals surface area contributed by atoms with Gasteiger partial charge in [0.1, 0.15) is 0 Å². The van der Waals surface area contributed by atoms with Gasteiger partial charge in [-0.25, -0.2) is 13.1 Å². The summed E-state index contributed by atoms with van der Waals surface area (Å²) in [6.07, 6.45) is 5.18. The van der Waals surface area contributed by atoms with Crippen molar-refractivity contribution in [3.8, 4) is 0 Å². The lowest BCUT2D eigenvalue weighted by molar-refractivity contribution is 0.297. The number of anilines is 1. The summed E-state index contributed by atoms with van der Waals surface area (Å²) in [7, 11) is -3.19. The number of hydrogen-bond acceptors (Lipinski definition) is 3. The first-order valence-electron chi connectivity index (χ1n) is 7.94. The van der Waals surface area contributed by atoms with Gasteiger partial charge in [0.15, 0.2) is 5.96 Å². The molecule has 0 amide bonds. The van der Waals surface area contributed by atoms with Crippen LogP contribution in [0, 0.1) is 12.8 Å². The Morgan fingerprint density at radius 3 is 2.78 bits per heavy atom. The van der Waals surface area contributed by atoms with Crippen LogP contribution in [0.2, 0.25) is 0 Å². The van der Waals surface area contributed by atoms with E-state index in [0.717, 1.165) is 36.9 Å². The Balaban J connectivity index is 1.95. The highest BCUT2D eigenvalue weighted by Gasteiger charge is 2.27. The van der Waals surface area contributed by atoms with Gasteiger partial charge >= 0.3 is 0 Å². The Morgan fingerprint density at radius 2 is 2.09 bits per heavy atom. The molecule has 0 aromatic heterocycles. The molecule has 1 saturated carbocycles. The lowest BCUT2D eigenvalue weighted by Gasteiger charge is -2.30. The van der Waals surface area contributed by atoms with E-state index in [1.54, 1.807) is 0 Å². The Morgan fingerprint density at radius 1 is 1.35 bits per heavy atom. The van der Waals surface area contributed by atoms with Crippen LogP contribution >= 0.6 is 0 Å². The van der Waals surface area contributed by atoms with E-state index in [0.29, 0.717) is 12.5 Å². The SMILES string of the molecule is Cc1cccc(NC(N)=NCC2CCCCC2NS(C)(=O)=O)c1. The minimum atomic E-state index is -3.19. The molecule has 2 rings (SSSR count). The molecule has 0 heterocycles. The molecule has 0 radical (unpaired) electrons. The van der Waals surface area contributed by atoms with Crippen LogP contribution in [0.3, 0.4) is 0 Å². The minimum absolute atomic E-state index is 0.0470. The van der Waals surface area contributed by atoms with Crippen molar-refractivity contribution in [1.82, 2.24) is 4.72 Å². The van der Waals surface area contributed by atoms with Gasteiger partial charge in [0.2, 0.25) is 10.0 Å². The van der Waals surface area contributed by atoms with Crippen molar-refractivity contribution in [2.24, 2.45) is 16.6 Å². The summed E-state index contributed by atoms with van der Waals surface area (Å²) in [4.78, 5) is 4.40. The van der Waals surface area contributed by atoms with Gasteiger partial charge in [-0.2, -0.15) is 0 Å². The molecule has 0 spiro atoms. The molecule has 1 aliphatic carbocycles. The molecule has 1 aromatic carbocycles. The van der Waals surface area contributed by atoms with Gasteiger partial charge in [-0.05, 0) is 43.4 Å². The summed E-state index contributed by atoms with van der Waals surface area (Å²) in [6.45, 7) is 2.54. The van der Waals surface area contributed by atoms with Gasteiger partial charge in [0, 0.05) is 18.3 Å². The highest BCUT2D eigenvalue weighted by Crippen LogP contribution is 2.25. The standard InChI is InChI=1S/C16H26N4O2S/c1-12-6-5-8-14(10-12)19-16(17)18-11-13-7-3-4-9-15(13)20-23(2,21)22/h5-6,8,10,13,15,20H,3-4,7,9,11H2,1-2H3,(H3,17,18,19). The van der Waals surface area contributed by atoms with Crippen molar-refractivity contribution in [2.75, 3.05) is 18.1 Å². The van der Waals surface area contributed by atoms with Crippen LogP contribution in [0.15, 0.2) is 29.3 Å². The highest BCUT2D eigenvalue weighted by atomic mass is 32.2. The topological polar surface area (TPSA) is 96.6 Å². The molecule has 2 atom stereocenters. The number of aliphatic imine (C=N–C) groups is 1. The molecule has 23 heavy (non-hydrogen) atoms. The van der Waals surface area contributed by atoms with Crippen LogP contribution in [0.4, 0.5) is 5.69 Å². The fourth-order valence-electron chi connectivity index (χ4n) is 2.98. The number of aryl methyl sites for hydroxylation is 1. The number of nitrogens with two attached hydrogens (primary N) is 1. The molecule has 0 aliphatic heterocycles. The quantitative estimate of drug-likeness (QED) is 0.564. The average Bonchev–Trinajstić information content (AvgIpc) is 2.45. The molecule has 7 heteroatoms. The fourth-order valence-corrected chi connectivity index (χ4v) is 3.84. The Bertz CT molecular complexity index is 658. The summed E-state index contributed by atoms with van der Waals surface area (Å²) in [5.74, 6) is 0.551. The van der Waals surface area contributed by atoms with Gasteiger partial charge in [-0.1, -0.05) is 25.0 Å². The second-order valence-electron chi connectivity index (χ2n) is 6.26. The lowest BCUT2D eigenvalue weighted by Crippen LogP contribution is -2.43. The second kappa shape index (κ2) is 7.79. The normalized spacial score (nSPS) is 22.8. The summed E-state index contributed by atoms with van der Waals surface area (Å²) >= 11 is 0. The number of rotatable bonds is 5. The number of sulfonamides is 1. The molecular weight excluding hydrogens is 312 g/mol. The molecule has 128 valence electrons. The van der Waals surface area contributed by atoms with Crippen LogP contribution < -0.4 is 15.8 Å². The summed E-state index contributed by atoms with van der Waals surface area (Å²) < 4.78 is 25.7. The predicted molar refractivity (Wildman–Crippen MR) is 95.0 cm³/mol. The van der Waals surface area contributed by atoms with E-state index in [2.05, 4.69) is 15.0 Å². The van der Waals surface area contributed by atoms with Gasteiger partial charge in [-0.15, -0.1) is 0 Å². The summed E-state index contributed by atoms with van der Waals surface area (Å²) in [6, 6.07) is 7.86. The van der Waals surface area contributed by atoms with Crippen LogP contribution in [-0.2, 0) is 10.0 Å². The monoisotopic (exact) mass is 338 g/mol. The number of hydrogen-bond donors (Lipinski definition) is 3. The minimum Gasteiger partial charge on any atom is -0.370 e. The van der Waals surface area contributed by atoms with Gasteiger partial charge in [-0.3, -0.25) is 4.99 Å². The average molecular weight is 338 g/mol. The molecule has 4 N–H and O–H groups in total. The van der Waals surface area contributed by atoms with Crippen LogP contribution in [0.25, 0.3) is 0 Å². The lowest BCUT2D eigenvalue weighted by atomic mass is 9.85. The van der Waals surface area contributed by atoms with Crippen LogP contribution in [0.1, 0.15) is 31.2 Å². The van der Waals surface area contributed by atoms with Crippen LogP contribution in [-0.4, -0.2) is 33.2 Å². The third-order valence-electron chi connectivity index (χ3n) is 4.06. The van der Waals surface area contributed by atoms with Crippen molar-refractivity contribution in [1.29, 1.82) is 0 Å². The fraction of sp³-hybridized carbons (Fsp3) is 0.562. The Hall–Kier alpha value is -1.60. The largest absolute Gasteiger partial charge is 0.370 e. The van der Waals surface area contributed by atoms with E-state index in [4.69, 9.17) is 5.73 Å². The van der Waals surface area contributed by atoms with E-state index >= 15 is 0 Å². The number of nitrogens with one attached hydrogen (secondary N) is 2. The zero-order valence-corrected chi connectivity index (χ0v) is 14.6. The third kappa shape index (κ3) is 6.19. The predicted octanol–water partition coefficient (Wildman–Crippen LogP) is 1.83. The maximum absolute atomic E-state index is 11.5. The Labute approximate surface area is 138 Å². The first-order chi connectivity index (χ1) is 10.8. The molecule has 1 aliphatic rings. The van der Waals surface area contributed by atoms with E-state index in [1.807, 2.05) is 31.2 Å². The molecule has 0 saturated heterocycles.